The van der Waals surface area contributed by atoms with Gasteiger partial charge in [0, 0.05) is 42.0 Å². The van der Waals surface area contributed by atoms with Gasteiger partial charge in [0.1, 0.15) is 5.82 Å². The van der Waals surface area contributed by atoms with Crippen LogP contribution in [0.1, 0.15) is 25.1 Å². The monoisotopic (exact) mass is 392 g/mol. The van der Waals surface area contributed by atoms with Crippen LogP contribution in [0.5, 0.6) is 0 Å². The van der Waals surface area contributed by atoms with Crippen molar-refractivity contribution in [3.05, 3.63) is 64.5 Å². The fraction of sp³-hybridized carbons (Fsp3) is 0.250. The van der Waals surface area contributed by atoms with Gasteiger partial charge in [0.15, 0.2) is 5.82 Å². The second-order valence-electron chi connectivity index (χ2n) is 6.86. The number of anilines is 2. The zero-order valence-electron chi connectivity index (χ0n) is 15.7. The summed E-state index contributed by atoms with van der Waals surface area (Å²) in [4.78, 5) is 22.4. The van der Waals surface area contributed by atoms with Gasteiger partial charge in [-0.25, -0.2) is 4.79 Å². The minimum absolute atomic E-state index is 0.0297. The van der Waals surface area contributed by atoms with Gasteiger partial charge >= 0.3 is 6.03 Å². The van der Waals surface area contributed by atoms with Gasteiger partial charge in [0.2, 0.25) is 0 Å². The summed E-state index contributed by atoms with van der Waals surface area (Å²) in [7, 11) is 0. The number of non-ortho nitro benzene ring substituents is 1. The van der Waals surface area contributed by atoms with Crippen molar-refractivity contribution in [3.63, 3.8) is 0 Å². The number of nitro groups is 1. The van der Waals surface area contributed by atoms with E-state index in [-0.39, 0.29) is 5.69 Å². The van der Waals surface area contributed by atoms with Crippen LogP contribution in [-0.4, -0.2) is 25.7 Å². The van der Waals surface area contributed by atoms with E-state index in [4.69, 9.17) is 0 Å². The third kappa shape index (κ3) is 4.23. The second kappa shape index (κ2) is 8.09. The van der Waals surface area contributed by atoms with E-state index in [1.807, 2.05) is 24.3 Å². The summed E-state index contributed by atoms with van der Waals surface area (Å²) in [6, 6.07) is 12.6. The van der Waals surface area contributed by atoms with Crippen molar-refractivity contribution in [2.24, 2.45) is 0 Å². The van der Waals surface area contributed by atoms with Crippen LogP contribution in [0, 0.1) is 10.1 Å². The van der Waals surface area contributed by atoms with Gasteiger partial charge in [0.05, 0.1) is 4.92 Å². The second-order valence-corrected chi connectivity index (χ2v) is 6.86. The van der Waals surface area contributed by atoms with Crippen LogP contribution >= 0.6 is 0 Å². The maximum absolute atomic E-state index is 12.2. The number of aromatic nitrogens is 3. The fourth-order valence-electron chi connectivity index (χ4n) is 3.36. The largest absolute Gasteiger partial charge is 0.323 e. The molecule has 1 aromatic heterocycles. The number of benzene rings is 2. The minimum Gasteiger partial charge on any atom is -0.311 e. The van der Waals surface area contributed by atoms with Crippen molar-refractivity contribution in [1.29, 1.82) is 0 Å². The van der Waals surface area contributed by atoms with Crippen LogP contribution in [0.3, 0.4) is 0 Å². The van der Waals surface area contributed by atoms with E-state index in [1.165, 1.54) is 30.7 Å². The minimum atomic E-state index is -0.486. The molecule has 0 bridgehead atoms. The van der Waals surface area contributed by atoms with E-state index in [0.717, 1.165) is 43.0 Å². The lowest BCUT2D eigenvalue weighted by Crippen LogP contribution is -2.19. The summed E-state index contributed by atoms with van der Waals surface area (Å²) < 4.78 is 2.18. The summed E-state index contributed by atoms with van der Waals surface area (Å²) >= 11 is 0. The summed E-state index contributed by atoms with van der Waals surface area (Å²) in [6.45, 7) is 0.926. The maximum atomic E-state index is 12.2. The summed E-state index contributed by atoms with van der Waals surface area (Å²) in [5, 5.41) is 24.7. The van der Waals surface area contributed by atoms with Crippen LogP contribution in [0.15, 0.2) is 48.5 Å². The van der Waals surface area contributed by atoms with Crippen molar-refractivity contribution >= 4 is 23.1 Å². The zero-order chi connectivity index (χ0) is 20.2. The Balaban J connectivity index is 1.41. The Hall–Kier alpha value is -3.75. The number of carbonyl (C=O) groups excluding carboxylic acids is 1. The van der Waals surface area contributed by atoms with Crippen molar-refractivity contribution in [2.45, 2.75) is 32.2 Å². The molecular weight excluding hydrogens is 372 g/mol. The molecule has 2 heterocycles. The number of rotatable bonds is 4. The molecular formula is C20H20N6O3. The first kappa shape index (κ1) is 18.6. The zero-order valence-corrected chi connectivity index (χ0v) is 15.7. The van der Waals surface area contributed by atoms with Crippen LogP contribution in [-0.2, 0) is 13.0 Å². The molecule has 148 valence electrons. The molecule has 9 heteroatoms. The topological polar surface area (TPSA) is 115 Å². The van der Waals surface area contributed by atoms with Gasteiger partial charge in [-0.3, -0.25) is 10.1 Å². The predicted octanol–water partition coefficient (Wildman–Crippen LogP) is 4.22. The van der Waals surface area contributed by atoms with Crippen LogP contribution in [0.25, 0.3) is 11.4 Å². The van der Waals surface area contributed by atoms with E-state index < -0.39 is 11.0 Å². The van der Waals surface area contributed by atoms with Crippen LogP contribution < -0.4 is 10.6 Å². The van der Waals surface area contributed by atoms with Gasteiger partial charge in [-0.05, 0) is 49.2 Å². The molecule has 2 amide bonds. The summed E-state index contributed by atoms with van der Waals surface area (Å²) in [5.74, 6) is 1.88. The van der Waals surface area contributed by atoms with Crippen molar-refractivity contribution in [2.75, 3.05) is 10.6 Å². The highest BCUT2D eigenvalue weighted by Gasteiger charge is 2.16. The number of nitro benzene ring substituents is 1. The lowest BCUT2D eigenvalue weighted by atomic mass is 10.2. The summed E-state index contributed by atoms with van der Waals surface area (Å²) in [5.41, 5.74) is 2.02. The van der Waals surface area contributed by atoms with Crippen molar-refractivity contribution in [1.82, 2.24) is 14.8 Å². The van der Waals surface area contributed by atoms with E-state index in [9.17, 15) is 14.9 Å². The molecule has 29 heavy (non-hydrogen) atoms. The van der Waals surface area contributed by atoms with Gasteiger partial charge in [-0.15, -0.1) is 10.2 Å². The Labute approximate surface area is 166 Å². The van der Waals surface area contributed by atoms with E-state index in [2.05, 4.69) is 25.4 Å². The smallest absolute Gasteiger partial charge is 0.311 e. The molecule has 0 radical (unpaired) electrons. The Morgan fingerprint density at radius 2 is 1.59 bits per heavy atom. The molecule has 0 atom stereocenters. The van der Waals surface area contributed by atoms with E-state index >= 15 is 0 Å². The predicted molar refractivity (Wildman–Crippen MR) is 109 cm³/mol. The summed E-state index contributed by atoms with van der Waals surface area (Å²) in [6.07, 6.45) is 4.43. The molecule has 1 aliphatic rings. The number of hydrogen-bond donors (Lipinski definition) is 2. The first-order valence-electron chi connectivity index (χ1n) is 9.45. The highest BCUT2D eigenvalue weighted by Crippen LogP contribution is 2.24. The SMILES string of the molecule is O=C(Nc1ccc(-c2nnc3n2CCCCC3)cc1)Nc1ccc([N+](=O)[O-])cc1. The van der Waals surface area contributed by atoms with Gasteiger partial charge in [0.25, 0.3) is 5.69 Å². The quantitative estimate of drug-likeness (QED) is 0.509. The molecule has 0 unspecified atom stereocenters. The third-order valence-corrected chi connectivity index (χ3v) is 4.85. The number of aryl methyl sites for hydroxylation is 1. The molecule has 0 spiro atoms. The Morgan fingerprint density at radius 1 is 0.931 bits per heavy atom. The Morgan fingerprint density at radius 3 is 2.24 bits per heavy atom. The molecule has 3 aromatic rings. The highest BCUT2D eigenvalue weighted by atomic mass is 16.6. The van der Waals surface area contributed by atoms with Gasteiger partial charge in [-0.1, -0.05) is 6.42 Å². The number of amides is 2. The lowest BCUT2D eigenvalue weighted by molar-refractivity contribution is -0.384. The average molecular weight is 392 g/mol. The fourth-order valence-corrected chi connectivity index (χ4v) is 3.36. The lowest BCUT2D eigenvalue weighted by Gasteiger charge is -2.09. The molecule has 9 nitrogen and oxygen atoms in total. The van der Waals surface area contributed by atoms with Crippen LogP contribution in [0.2, 0.25) is 0 Å². The number of nitrogens with zero attached hydrogens (tertiary/aromatic N) is 4. The first-order chi connectivity index (χ1) is 14.1. The highest BCUT2D eigenvalue weighted by molar-refractivity contribution is 5.99. The molecule has 1 aliphatic heterocycles. The number of urea groups is 1. The molecule has 2 N–H and O–H groups in total. The molecule has 4 rings (SSSR count). The Bertz CT molecular complexity index is 1030. The molecule has 0 fully saturated rings. The normalized spacial score (nSPS) is 13.2. The number of fused-ring (bicyclic) bond motifs is 1. The number of hydrogen-bond acceptors (Lipinski definition) is 5. The molecule has 0 saturated carbocycles. The molecule has 0 aliphatic carbocycles. The first-order valence-corrected chi connectivity index (χ1v) is 9.45. The van der Waals surface area contributed by atoms with Gasteiger partial charge in [-0.2, -0.15) is 0 Å². The van der Waals surface area contributed by atoms with Crippen molar-refractivity contribution in [3.8, 4) is 11.4 Å². The number of carbonyl (C=O) groups is 1. The molecule has 0 saturated heterocycles. The standard InChI is InChI=1S/C20H20N6O3/c27-20(22-16-9-11-17(12-10-16)26(28)29)21-15-7-5-14(6-8-15)19-24-23-18-4-2-1-3-13-25(18)19/h5-12H,1-4,13H2,(H2,21,22,27). The third-order valence-electron chi connectivity index (χ3n) is 4.85. The van der Waals surface area contributed by atoms with Gasteiger partial charge < -0.3 is 15.2 Å². The van der Waals surface area contributed by atoms with E-state index in [1.54, 1.807) is 0 Å². The number of nitrogens with one attached hydrogen (secondary N) is 2. The van der Waals surface area contributed by atoms with E-state index in [0.29, 0.717) is 11.4 Å². The van der Waals surface area contributed by atoms with Crippen molar-refractivity contribution < 1.29 is 9.72 Å². The Kier molecular flexibility index (Phi) is 5.19. The maximum Gasteiger partial charge on any atom is 0.323 e. The average Bonchev–Trinajstić information content (AvgIpc) is 2.97. The molecule has 2 aromatic carbocycles. The van der Waals surface area contributed by atoms with Crippen LogP contribution in [0.4, 0.5) is 21.9 Å².